The molecule has 4 aromatic rings. The van der Waals surface area contributed by atoms with Crippen LogP contribution in [0.1, 0.15) is 28.2 Å². The summed E-state index contributed by atoms with van der Waals surface area (Å²) in [4.78, 5) is 28.3. The third kappa shape index (κ3) is 5.72. The summed E-state index contributed by atoms with van der Waals surface area (Å²) in [5.41, 5.74) is 4.00. The molecule has 1 amide bonds. The maximum atomic E-state index is 12.8. The number of carbonyl (C=O) groups excluding carboxylic acids is 1. The van der Waals surface area contributed by atoms with Gasteiger partial charge in [0.1, 0.15) is 0 Å². The molecule has 1 aliphatic rings. The molecule has 1 atom stereocenters. The number of hydrogen-bond donors (Lipinski definition) is 2. The third-order valence-corrected chi connectivity index (χ3v) is 7.46. The second-order valence-corrected chi connectivity index (χ2v) is 10.1. The number of nitrogens with zero attached hydrogens (tertiary/aromatic N) is 4. The zero-order valence-electron chi connectivity index (χ0n) is 20.5. The van der Waals surface area contributed by atoms with Crippen molar-refractivity contribution in [2.75, 3.05) is 43.4 Å². The van der Waals surface area contributed by atoms with E-state index in [1.807, 2.05) is 61.5 Å². The minimum atomic E-state index is -0.0873. The Labute approximate surface area is 215 Å². The van der Waals surface area contributed by atoms with Crippen LogP contribution >= 0.6 is 11.3 Å². The van der Waals surface area contributed by atoms with Gasteiger partial charge in [-0.3, -0.25) is 4.79 Å². The van der Waals surface area contributed by atoms with E-state index in [0.29, 0.717) is 10.8 Å². The number of benzene rings is 2. The molecule has 1 saturated heterocycles. The quantitative estimate of drug-likeness (QED) is 0.365. The number of thiophene rings is 1. The summed E-state index contributed by atoms with van der Waals surface area (Å²) in [6.45, 7) is 6.15. The Morgan fingerprint density at radius 2 is 1.78 bits per heavy atom. The summed E-state index contributed by atoms with van der Waals surface area (Å²) >= 11 is 1.43. The van der Waals surface area contributed by atoms with Gasteiger partial charge in [0.2, 0.25) is 5.95 Å². The fraction of sp³-hybridized carbons (Fsp3) is 0.250. The first kappa shape index (κ1) is 24.0. The minimum absolute atomic E-state index is 0.0688. The van der Waals surface area contributed by atoms with Gasteiger partial charge in [0.05, 0.1) is 21.5 Å². The largest absolute Gasteiger partial charge is 0.369 e. The molecule has 2 aromatic carbocycles. The van der Waals surface area contributed by atoms with Gasteiger partial charge in [0, 0.05) is 43.8 Å². The van der Waals surface area contributed by atoms with Crippen LogP contribution in [-0.2, 0) is 0 Å². The lowest BCUT2D eigenvalue weighted by Crippen LogP contribution is -2.44. The number of hydrogen-bond acceptors (Lipinski definition) is 7. The fourth-order valence-corrected chi connectivity index (χ4v) is 5.10. The summed E-state index contributed by atoms with van der Waals surface area (Å²) in [6.07, 6.45) is 1.74. The predicted molar refractivity (Wildman–Crippen MR) is 147 cm³/mol. The number of carbonyl (C=O) groups is 1. The third-order valence-electron chi connectivity index (χ3n) is 6.36. The fourth-order valence-electron chi connectivity index (χ4n) is 4.22. The highest BCUT2D eigenvalue weighted by atomic mass is 32.1. The highest BCUT2D eigenvalue weighted by molar-refractivity contribution is 7.17. The predicted octanol–water partition coefficient (Wildman–Crippen LogP) is 5.19. The summed E-state index contributed by atoms with van der Waals surface area (Å²) in [6, 6.07) is 23.9. The maximum absolute atomic E-state index is 12.8. The van der Waals surface area contributed by atoms with Gasteiger partial charge in [-0.15, -0.1) is 11.3 Å². The van der Waals surface area contributed by atoms with Crippen molar-refractivity contribution >= 4 is 34.6 Å². The molecular formula is C28H30N6OS. The van der Waals surface area contributed by atoms with Crippen molar-refractivity contribution in [3.8, 4) is 10.6 Å². The van der Waals surface area contributed by atoms with E-state index < -0.39 is 0 Å². The highest BCUT2D eigenvalue weighted by Gasteiger charge is 2.16. The Morgan fingerprint density at radius 1 is 0.972 bits per heavy atom. The van der Waals surface area contributed by atoms with E-state index in [4.69, 9.17) is 4.98 Å². The van der Waals surface area contributed by atoms with Gasteiger partial charge < -0.3 is 20.4 Å². The number of piperazine rings is 1. The first-order valence-corrected chi connectivity index (χ1v) is 13.0. The minimum Gasteiger partial charge on any atom is -0.369 e. The van der Waals surface area contributed by atoms with Crippen LogP contribution in [-0.4, -0.2) is 54.0 Å². The molecule has 0 aliphatic carbocycles. The summed E-state index contributed by atoms with van der Waals surface area (Å²) in [7, 11) is 2.16. The van der Waals surface area contributed by atoms with E-state index >= 15 is 0 Å². The van der Waals surface area contributed by atoms with Crippen LogP contribution < -0.4 is 15.5 Å². The number of rotatable bonds is 7. The monoisotopic (exact) mass is 498 g/mol. The Balaban J connectivity index is 1.26. The Hall–Kier alpha value is -3.75. The smallest absolute Gasteiger partial charge is 0.261 e. The second-order valence-electron chi connectivity index (χ2n) is 9.00. The topological polar surface area (TPSA) is 73.4 Å². The molecular weight excluding hydrogens is 468 g/mol. The van der Waals surface area contributed by atoms with Crippen molar-refractivity contribution in [3.63, 3.8) is 0 Å². The average Bonchev–Trinajstić information content (AvgIpc) is 3.41. The van der Waals surface area contributed by atoms with Crippen molar-refractivity contribution in [2.45, 2.75) is 13.0 Å². The van der Waals surface area contributed by atoms with Crippen LogP contribution in [0.2, 0.25) is 0 Å². The summed E-state index contributed by atoms with van der Waals surface area (Å²) < 4.78 is 0. The van der Waals surface area contributed by atoms with Crippen LogP contribution in [0.4, 0.5) is 17.3 Å². The molecule has 2 N–H and O–H groups in total. The molecule has 3 heterocycles. The second kappa shape index (κ2) is 10.9. The average molecular weight is 499 g/mol. The highest BCUT2D eigenvalue weighted by Crippen LogP contribution is 2.29. The van der Waals surface area contributed by atoms with Crippen molar-refractivity contribution in [1.82, 2.24) is 20.2 Å². The van der Waals surface area contributed by atoms with Crippen LogP contribution in [0.15, 0.2) is 79.0 Å². The number of likely N-dealkylation sites (N-methyl/N-ethyl adjacent to an activating group) is 1. The summed E-state index contributed by atoms with van der Waals surface area (Å²) in [5, 5.41) is 6.42. The van der Waals surface area contributed by atoms with E-state index in [-0.39, 0.29) is 11.9 Å². The SMILES string of the molecule is CC(NC(=O)c1ccc(-c2ccnc(Nc3cccc(N4CCN(C)CC4)c3)n2)s1)c1ccccc1. The first-order valence-electron chi connectivity index (χ1n) is 12.1. The van der Waals surface area contributed by atoms with Crippen LogP contribution in [0.25, 0.3) is 10.6 Å². The van der Waals surface area contributed by atoms with Crippen LogP contribution in [0.5, 0.6) is 0 Å². The number of nitrogens with one attached hydrogen (secondary N) is 2. The van der Waals surface area contributed by atoms with Gasteiger partial charge in [0.25, 0.3) is 5.91 Å². The molecule has 7 nitrogen and oxygen atoms in total. The van der Waals surface area contributed by atoms with Crippen LogP contribution in [0, 0.1) is 0 Å². The molecule has 1 aliphatic heterocycles. The van der Waals surface area contributed by atoms with Gasteiger partial charge in [-0.2, -0.15) is 0 Å². The molecule has 184 valence electrons. The van der Waals surface area contributed by atoms with Crippen molar-refractivity contribution in [2.24, 2.45) is 0 Å². The normalized spacial score (nSPS) is 14.9. The summed E-state index contributed by atoms with van der Waals surface area (Å²) in [5.74, 6) is 0.441. The van der Waals surface area contributed by atoms with E-state index in [1.54, 1.807) is 6.20 Å². The molecule has 36 heavy (non-hydrogen) atoms. The Kier molecular flexibility index (Phi) is 7.25. The number of amides is 1. The number of aromatic nitrogens is 2. The van der Waals surface area contributed by atoms with E-state index in [2.05, 4.69) is 50.7 Å². The zero-order valence-corrected chi connectivity index (χ0v) is 21.3. The van der Waals surface area contributed by atoms with E-state index in [0.717, 1.165) is 48.0 Å². The Bertz CT molecular complexity index is 1320. The first-order chi connectivity index (χ1) is 17.5. The lowest BCUT2D eigenvalue weighted by Gasteiger charge is -2.34. The van der Waals surface area contributed by atoms with E-state index in [9.17, 15) is 4.79 Å². The van der Waals surface area contributed by atoms with Crippen LogP contribution in [0.3, 0.4) is 0 Å². The molecule has 1 unspecified atom stereocenters. The van der Waals surface area contributed by atoms with Gasteiger partial charge in [0.15, 0.2) is 0 Å². The van der Waals surface area contributed by atoms with Crippen molar-refractivity contribution in [1.29, 1.82) is 0 Å². The lowest BCUT2D eigenvalue weighted by atomic mass is 10.1. The maximum Gasteiger partial charge on any atom is 0.261 e. The van der Waals surface area contributed by atoms with Crippen molar-refractivity contribution in [3.05, 3.63) is 89.4 Å². The molecule has 2 aromatic heterocycles. The molecule has 0 bridgehead atoms. The van der Waals surface area contributed by atoms with Gasteiger partial charge in [-0.05, 0) is 55.9 Å². The molecule has 0 saturated carbocycles. The molecule has 5 rings (SSSR count). The van der Waals surface area contributed by atoms with Crippen molar-refractivity contribution < 1.29 is 4.79 Å². The molecule has 0 radical (unpaired) electrons. The molecule has 1 fully saturated rings. The van der Waals surface area contributed by atoms with Gasteiger partial charge in [-0.25, -0.2) is 9.97 Å². The van der Waals surface area contributed by atoms with Gasteiger partial charge in [-0.1, -0.05) is 36.4 Å². The van der Waals surface area contributed by atoms with E-state index in [1.165, 1.54) is 17.0 Å². The number of anilines is 3. The molecule has 8 heteroatoms. The lowest BCUT2D eigenvalue weighted by molar-refractivity contribution is 0.0944. The zero-order chi connectivity index (χ0) is 24.9. The van der Waals surface area contributed by atoms with Gasteiger partial charge >= 0.3 is 0 Å². The Morgan fingerprint density at radius 3 is 2.58 bits per heavy atom. The molecule has 0 spiro atoms. The standard InChI is InChI=1S/C28H30N6OS/c1-20(21-7-4-3-5-8-21)30-27(35)26-12-11-25(36-26)24-13-14-29-28(32-24)31-22-9-6-10-23(19-22)34-17-15-33(2)16-18-34/h3-14,19-20H,15-18H2,1-2H3,(H,30,35)(H,29,31,32).